The third-order valence-corrected chi connectivity index (χ3v) is 4.49. The minimum atomic E-state index is -0.455. The first kappa shape index (κ1) is 15.1. The Morgan fingerprint density at radius 3 is 2.50 bits per heavy atom. The molecule has 2 heterocycles. The molecule has 0 saturated carbocycles. The molecule has 0 aromatic rings. The van der Waals surface area contributed by atoms with E-state index in [-0.39, 0.29) is 23.3 Å². The second-order valence-electron chi connectivity index (χ2n) is 7.01. The number of hydrogen-bond acceptors (Lipinski definition) is 3. The van der Waals surface area contributed by atoms with Crippen LogP contribution in [0.25, 0.3) is 0 Å². The molecule has 2 aliphatic rings. The standard InChI is InChI=1S/C15H26N2O3/c1-5-11-12(18)16-10-15(11)6-8-17(9-7-15)13(19)20-14(2,3)4/h11H,5-10H2,1-4H3,(H,16,18)/t11-/m0/s1. The van der Waals surface area contributed by atoms with Crippen LogP contribution >= 0.6 is 0 Å². The molecule has 2 aliphatic heterocycles. The third kappa shape index (κ3) is 2.91. The Kier molecular flexibility index (Phi) is 3.98. The zero-order chi connectivity index (χ0) is 15.0. The summed E-state index contributed by atoms with van der Waals surface area (Å²) in [5.41, 5.74) is -0.409. The van der Waals surface area contributed by atoms with E-state index in [1.165, 1.54) is 0 Å². The predicted octanol–water partition coefficient (Wildman–Crippen LogP) is 2.16. The Bertz CT molecular complexity index is 392. The number of nitrogens with one attached hydrogen (secondary N) is 1. The molecule has 114 valence electrons. The summed E-state index contributed by atoms with van der Waals surface area (Å²) in [6.07, 6.45) is 2.39. The summed E-state index contributed by atoms with van der Waals surface area (Å²) in [4.78, 5) is 25.7. The molecule has 1 N–H and O–H groups in total. The van der Waals surface area contributed by atoms with Crippen LogP contribution in [-0.2, 0) is 9.53 Å². The third-order valence-electron chi connectivity index (χ3n) is 4.49. The van der Waals surface area contributed by atoms with Crippen molar-refractivity contribution < 1.29 is 14.3 Å². The molecule has 0 aliphatic carbocycles. The summed E-state index contributed by atoms with van der Waals surface area (Å²) < 4.78 is 5.41. The van der Waals surface area contributed by atoms with Crippen molar-refractivity contribution in [3.8, 4) is 0 Å². The fraction of sp³-hybridized carbons (Fsp3) is 0.867. The van der Waals surface area contributed by atoms with Gasteiger partial charge in [-0.05, 0) is 40.0 Å². The molecule has 2 rings (SSSR count). The zero-order valence-electron chi connectivity index (χ0n) is 13.0. The van der Waals surface area contributed by atoms with Crippen LogP contribution < -0.4 is 5.32 Å². The van der Waals surface area contributed by atoms with Gasteiger partial charge in [-0.25, -0.2) is 4.79 Å². The lowest BCUT2D eigenvalue weighted by Gasteiger charge is -2.41. The van der Waals surface area contributed by atoms with E-state index in [0.29, 0.717) is 13.1 Å². The first-order valence-corrected chi connectivity index (χ1v) is 7.53. The van der Waals surface area contributed by atoms with E-state index in [2.05, 4.69) is 12.2 Å². The Labute approximate surface area is 121 Å². The molecule has 0 bridgehead atoms. The van der Waals surface area contributed by atoms with Gasteiger partial charge in [0, 0.05) is 31.0 Å². The van der Waals surface area contributed by atoms with Gasteiger partial charge in [0.25, 0.3) is 0 Å². The maximum Gasteiger partial charge on any atom is 0.410 e. The minimum Gasteiger partial charge on any atom is -0.444 e. The molecule has 2 saturated heterocycles. The average Bonchev–Trinajstić information content (AvgIpc) is 2.65. The van der Waals surface area contributed by atoms with Crippen molar-refractivity contribution in [3.05, 3.63) is 0 Å². The lowest BCUT2D eigenvalue weighted by atomic mass is 9.70. The van der Waals surface area contributed by atoms with E-state index in [0.717, 1.165) is 25.8 Å². The number of likely N-dealkylation sites (tertiary alicyclic amines) is 1. The summed E-state index contributed by atoms with van der Waals surface area (Å²) in [7, 11) is 0. The second kappa shape index (κ2) is 5.26. The number of carbonyl (C=O) groups is 2. The molecular weight excluding hydrogens is 256 g/mol. The fourth-order valence-corrected chi connectivity index (χ4v) is 3.39. The number of rotatable bonds is 1. The van der Waals surface area contributed by atoms with E-state index >= 15 is 0 Å². The topological polar surface area (TPSA) is 58.6 Å². The molecule has 5 nitrogen and oxygen atoms in total. The number of amides is 2. The van der Waals surface area contributed by atoms with Crippen LogP contribution in [0.2, 0.25) is 0 Å². The Morgan fingerprint density at radius 1 is 1.40 bits per heavy atom. The van der Waals surface area contributed by atoms with Crippen molar-refractivity contribution >= 4 is 12.0 Å². The van der Waals surface area contributed by atoms with Crippen molar-refractivity contribution in [3.63, 3.8) is 0 Å². The largest absolute Gasteiger partial charge is 0.444 e. The van der Waals surface area contributed by atoms with Crippen LogP contribution in [0.5, 0.6) is 0 Å². The summed E-state index contributed by atoms with van der Waals surface area (Å²) in [6.45, 7) is 9.82. The van der Waals surface area contributed by atoms with Gasteiger partial charge in [0.15, 0.2) is 0 Å². The van der Waals surface area contributed by atoms with Gasteiger partial charge in [-0.3, -0.25) is 4.79 Å². The number of nitrogens with zero attached hydrogens (tertiary/aromatic N) is 1. The maximum absolute atomic E-state index is 12.1. The van der Waals surface area contributed by atoms with Gasteiger partial charge < -0.3 is 15.0 Å². The highest BCUT2D eigenvalue weighted by Gasteiger charge is 2.49. The molecule has 1 atom stereocenters. The SMILES string of the molecule is CC[C@H]1C(=O)NCC12CCN(C(=O)OC(C)(C)C)CC2. The van der Waals surface area contributed by atoms with Crippen LogP contribution in [0.4, 0.5) is 4.79 Å². The van der Waals surface area contributed by atoms with Crippen LogP contribution in [0.3, 0.4) is 0 Å². The van der Waals surface area contributed by atoms with E-state index in [4.69, 9.17) is 4.74 Å². The first-order chi connectivity index (χ1) is 9.27. The van der Waals surface area contributed by atoms with Crippen molar-refractivity contribution in [1.82, 2.24) is 10.2 Å². The molecule has 20 heavy (non-hydrogen) atoms. The lowest BCUT2D eigenvalue weighted by Crippen LogP contribution is -2.47. The molecular formula is C15H26N2O3. The molecule has 0 aromatic carbocycles. The van der Waals surface area contributed by atoms with Gasteiger partial charge in [0.05, 0.1) is 0 Å². The molecule has 2 amide bonds. The Morgan fingerprint density at radius 2 is 2.00 bits per heavy atom. The van der Waals surface area contributed by atoms with Crippen molar-refractivity contribution in [2.24, 2.45) is 11.3 Å². The van der Waals surface area contributed by atoms with Crippen LogP contribution in [-0.4, -0.2) is 42.1 Å². The second-order valence-corrected chi connectivity index (χ2v) is 7.01. The van der Waals surface area contributed by atoms with Gasteiger partial charge in [-0.1, -0.05) is 6.92 Å². The predicted molar refractivity (Wildman–Crippen MR) is 76.3 cm³/mol. The molecule has 0 radical (unpaired) electrons. The highest BCUT2D eigenvalue weighted by atomic mass is 16.6. The number of ether oxygens (including phenoxy) is 1. The zero-order valence-corrected chi connectivity index (χ0v) is 13.0. The molecule has 5 heteroatoms. The van der Waals surface area contributed by atoms with E-state index in [1.807, 2.05) is 20.8 Å². The molecule has 0 aromatic heterocycles. The van der Waals surface area contributed by atoms with E-state index in [9.17, 15) is 9.59 Å². The summed E-state index contributed by atoms with van der Waals surface area (Å²) >= 11 is 0. The highest BCUT2D eigenvalue weighted by molar-refractivity contribution is 5.82. The smallest absolute Gasteiger partial charge is 0.410 e. The lowest BCUT2D eigenvalue weighted by molar-refractivity contribution is -0.124. The van der Waals surface area contributed by atoms with Gasteiger partial charge in [-0.2, -0.15) is 0 Å². The van der Waals surface area contributed by atoms with E-state index < -0.39 is 5.60 Å². The quantitative estimate of drug-likeness (QED) is 0.802. The van der Waals surface area contributed by atoms with Gasteiger partial charge >= 0.3 is 6.09 Å². The van der Waals surface area contributed by atoms with Crippen molar-refractivity contribution in [1.29, 1.82) is 0 Å². The van der Waals surface area contributed by atoms with Crippen LogP contribution in [0.1, 0.15) is 47.0 Å². The highest BCUT2D eigenvalue weighted by Crippen LogP contribution is 2.43. The Balaban J connectivity index is 1.96. The summed E-state index contributed by atoms with van der Waals surface area (Å²) in [5.74, 6) is 0.279. The maximum atomic E-state index is 12.1. The van der Waals surface area contributed by atoms with Crippen LogP contribution in [0.15, 0.2) is 0 Å². The fourth-order valence-electron chi connectivity index (χ4n) is 3.39. The van der Waals surface area contributed by atoms with E-state index in [1.54, 1.807) is 4.90 Å². The van der Waals surface area contributed by atoms with Crippen LogP contribution in [0, 0.1) is 11.3 Å². The minimum absolute atomic E-state index is 0.0460. The normalized spacial score (nSPS) is 25.7. The molecule has 2 fully saturated rings. The molecule has 1 spiro atoms. The summed E-state index contributed by atoms with van der Waals surface area (Å²) in [6, 6.07) is 0. The monoisotopic (exact) mass is 282 g/mol. The van der Waals surface area contributed by atoms with Crippen molar-refractivity contribution in [2.45, 2.75) is 52.6 Å². The van der Waals surface area contributed by atoms with Crippen molar-refractivity contribution in [2.75, 3.05) is 19.6 Å². The first-order valence-electron chi connectivity index (χ1n) is 7.53. The number of piperidine rings is 1. The van der Waals surface area contributed by atoms with Gasteiger partial charge in [0.2, 0.25) is 5.91 Å². The number of hydrogen-bond donors (Lipinski definition) is 1. The molecule has 0 unspecified atom stereocenters. The Hall–Kier alpha value is -1.26. The van der Waals surface area contributed by atoms with Gasteiger partial charge in [-0.15, -0.1) is 0 Å². The summed E-state index contributed by atoms with van der Waals surface area (Å²) in [5, 5.41) is 2.99. The van der Waals surface area contributed by atoms with Gasteiger partial charge in [0.1, 0.15) is 5.60 Å². The number of carbonyl (C=O) groups excluding carboxylic acids is 2. The average molecular weight is 282 g/mol.